The van der Waals surface area contributed by atoms with Crippen LogP contribution in [0.4, 0.5) is 13.2 Å². The van der Waals surface area contributed by atoms with Crippen LogP contribution in [0.5, 0.6) is 0 Å². The largest absolute Gasteiger partial charge is 0.416 e. The van der Waals surface area contributed by atoms with Crippen LogP contribution in [0, 0.1) is 0 Å². The molecular formula is C23H21F3N2O3S. The monoisotopic (exact) mass is 462 g/mol. The van der Waals surface area contributed by atoms with Crippen molar-refractivity contribution in [1.29, 1.82) is 0 Å². The Morgan fingerprint density at radius 2 is 1.41 bits per heavy atom. The summed E-state index contributed by atoms with van der Waals surface area (Å²) >= 11 is 0. The van der Waals surface area contributed by atoms with Gasteiger partial charge in [-0.1, -0.05) is 66.7 Å². The van der Waals surface area contributed by atoms with Gasteiger partial charge in [-0.05, 0) is 29.3 Å². The number of rotatable bonds is 8. The number of sulfonamides is 1. The lowest BCUT2D eigenvalue weighted by Crippen LogP contribution is -2.38. The molecule has 0 spiro atoms. The molecule has 5 nitrogen and oxygen atoms in total. The maximum Gasteiger partial charge on any atom is 0.416 e. The van der Waals surface area contributed by atoms with Gasteiger partial charge >= 0.3 is 6.18 Å². The fraction of sp³-hybridized carbons (Fsp3) is 0.174. The van der Waals surface area contributed by atoms with Crippen molar-refractivity contribution in [3.8, 4) is 0 Å². The molecular weight excluding hydrogens is 441 g/mol. The second-order valence-corrected chi connectivity index (χ2v) is 8.80. The molecule has 1 amide bonds. The molecule has 0 fully saturated rings. The maximum atomic E-state index is 12.8. The third-order valence-corrected chi connectivity index (χ3v) is 6.20. The summed E-state index contributed by atoms with van der Waals surface area (Å²) in [5, 5.41) is 2.69. The molecule has 32 heavy (non-hydrogen) atoms. The molecule has 0 aliphatic carbocycles. The highest BCUT2D eigenvalue weighted by molar-refractivity contribution is 7.89. The molecule has 0 aromatic heterocycles. The first-order chi connectivity index (χ1) is 15.2. The molecule has 0 atom stereocenters. The number of nitrogens with one attached hydrogen (secondary N) is 2. The first-order valence-corrected chi connectivity index (χ1v) is 11.2. The summed E-state index contributed by atoms with van der Waals surface area (Å²) in [5.41, 5.74) is 0.866. The SMILES string of the molecule is O=C(CNS(=O)(=O)c1cccc(C(F)(F)F)c1)NCC(c1ccccc1)c1ccccc1. The minimum atomic E-state index is -4.67. The Morgan fingerprint density at radius 3 is 1.94 bits per heavy atom. The topological polar surface area (TPSA) is 75.3 Å². The van der Waals surface area contributed by atoms with Gasteiger partial charge in [0.2, 0.25) is 15.9 Å². The summed E-state index contributed by atoms with van der Waals surface area (Å²) in [5.74, 6) is -0.751. The van der Waals surface area contributed by atoms with Gasteiger partial charge in [0, 0.05) is 12.5 Å². The van der Waals surface area contributed by atoms with Gasteiger partial charge in [-0.25, -0.2) is 13.1 Å². The highest BCUT2D eigenvalue weighted by Crippen LogP contribution is 2.30. The lowest BCUT2D eigenvalue weighted by Gasteiger charge is -2.19. The van der Waals surface area contributed by atoms with Gasteiger partial charge in [0.25, 0.3) is 0 Å². The van der Waals surface area contributed by atoms with Crippen molar-refractivity contribution in [2.24, 2.45) is 0 Å². The summed E-state index contributed by atoms with van der Waals surface area (Å²) in [4.78, 5) is 11.7. The highest BCUT2D eigenvalue weighted by atomic mass is 32.2. The van der Waals surface area contributed by atoms with E-state index >= 15 is 0 Å². The summed E-state index contributed by atoms with van der Waals surface area (Å²) in [6.07, 6.45) is -4.67. The van der Waals surface area contributed by atoms with Gasteiger partial charge in [0.05, 0.1) is 17.0 Å². The summed E-state index contributed by atoms with van der Waals surface area (Å²) in [7, 11) is -4.29. The third kappa shape index (κ3) is 6.18. The van der Waals surface area contributed by atoms with E-state index in [2.05, 4.69) is 5.32 Å². The zero-order valence-corrected chi connectivity index (χ0v) is 17.7. The molecule has 0 aliphatic heterocycles. The fourth-order valence-corrected chi connectivity index (χ4v) is 4.19. The molecule has 9 heteroatoms. The summed E-state index contributed by atoms with van der Waals surface area (Å²) in [6, 6.07) is 22.4. The molecule has 3 aromatic carbocycles. The van der Waals surface area contributed by atoms with Crippen LogP contribution >= 0.6 is 0 Å². The number of halogens is 3. The quantitative estimate of drug-likeness (QED) is 0.533. The lowest BCUT2D eigenvalue weighted by atomic mass is 9.91. The Hall–Kier alpha value is -3.17. The molecule has 0 saturated heterocycles. The molecule has 0 heterocycles. The number of hydrogen-bond donors (Lipinski definition) is 2. The zero-order valence-electron chi connectivity index (χ0n) is 16.8. The molecule has 0 aliphatic rings. The summed E-state index contributed by atoms with van der Waals surface area (Å²) in [6.45, 7) is -0.382. The molecule has 3 rings (SSSR count). The first kappa shape index (κ1) is 23.5. The third-order valence-electron chi connectivity index (χ3n) is 4.80. The Bertz CT molecular complexity index is 1110. The van der Waals surface area contributed by atoms with Crippen LogP contribution in [0.2, 0.25) is 0 Å². The van der Waals surface area contributed by atoms with E-state index in [1.54, 1.807) is 0 Å². The van der Waals surface area contributed by atoms with E-state index in [9.17, 15) is 26.4 Å². The predicted octanol–water partition coefficient (Wildman–Crippen LogP) is 3.93. The van der Waals surface area contributed by atoms with E-state index in [1.165, 1.54) is 0 Å². The van der Waals surface area contributed by atoms with Gasteiger partial charge in [0.1, 0.15) is 0 Å². The van der Waals surface area contributed by atoms with E-state index in [1.807, 2.05) is 65.4 Å². The molecule has 0 unspecified atom stereocenters. The van der Waals surface area contributed by atoms with Crippen molar-refractivity contribution in [3.63, 3.8) is 0 Å². The molecule has 0 radical (unpaired) electrons. The van der Waals surface area contributed by atoms with Crippen LogP contribution in [0.1, 0.15) is 22.6 Å². The van der Waals surface area contributed by atoms with E-state index in [0.29, 0.717) is 6.07 Å². The Balaban J connectivity index is 1.65. The minimum absolute atomic E-state index is 0.151. The van der Waals surface area contributed by atoms with Crippen molar-refractivity contribution in [1.82, 2.24) is 10.0 Å². The Morgan fingerprint density at radius 1 is 0.844 bits per heavy atom. The van der Waals surface area contributed by atoms with E-state index in [4.69, 9.17) is 0 Å². The van der Waals surface area contributed by atoms with Gasteiger partial charge in [0.15, 0.2) is 0 Å². The molecule has 0 saturated carbocycles. The zero-order chi connectivity index (χ0) is 23.2. The van der Waals surface area contributed by atoms with Crippen LogP contribution in [0.25, 0.3) is 0 Å². The highest BCUT2D eigenvalue weighted by Gasteiger charge is 2.31. The molecule has 2 N–H and O–H groups in total. The van der Waals surface area contributed by atoms with Crippen molar-refractivity contribution >= 4 is 15.9 Å². The van der Waals surface area contributed by atoms with Crippen LogP contribution in [0.3, 0.4) is 0 Å². The van der Waals surface area contributed by atoms with Crippen molar-refractivity contribution < 1.29 is 26.4 Å². The number of amides is 1. The van der Waals surface area contributed by atoms with Crippen molar-refractivity contribution in [2.75, 3.05) is 13.1 Å². The normalized spacial score (nSPS) is 12.0. The van der Waals surface area contributed by atoms with Crippen LogP contribution < -0.4 is 10.0 Å². The first-order valence-electron chi connectivity index (χ1n) is 9.70. The average Bonchev–Trinajstić information content (AvgIpc) is 2.79. The smallest absolute Gasteiger partial charge is 0.354 e. The maximum absolute atomic E-state index is 12.8. The number of alkyl halides is 3. The van der Waals surface area contributed by atoms with Crippen molar-refractivity contribution in [2.45, 2.75) is 17.0 Å². The number of benzene rings is 3. The lowest BCUT2D eigenvalue weighted by molar-refractivity contribution is -0.137. The second-order valence-electron chi connectivity index (χ2n) is 7.03. The summed E-state index contributed by atoms with van der Waals surface area (Å²) < 4.78 is 65.3. The van der Waals surface area contributed by atoms with Crippen molar-refractivity contribution in [3.05, 3.63) is 102 Å². The fourth-order valence-electron chi connectivity index (χ4n) is 3.16. The van der Waals surface area contributed by atoms with E-state index < -0.39 is 39.1 Å². The van der Waals surface area contributed by atoms with Crippen LogP contribution in [-0.2, 0) is 21.0 Å². The van der Waals surface area contributed by atoms with Gasteiger partial charge in [-0.15, -0.1) is 0 Å². The number of carbonyl (C=O) groups excluding carboxylic acids is 1. The van der Waals surface area contributed by atoms with Crippen LogP contribution in [-0.4, -0.2) is 27.4 Å². The minimum Gasteiger partial charge on any atom is -0.354 e. The predicted molar refractivity (Wildman–Crippen MR) is 114 cm³/mol. The van der Waals surface area contributed by atoms with E-state index in [0.717, 1.165) is 29.3 Å². The number of carbonyl (C=O) groups is 1. The standard InChI is InChI=1S/C23H21F3N2O3S/c24-23(25,26)19-12-7-13-20(14-19)32(30,31)28-16-22(29)27-15-21(17-8-3-1-4-9-17)18-10-5-2-6-11-18/h1-14,21,28H,15-16H2,(H,27,29). The van der Waals surface area contributed by atoms with Gasteiger partial charge in [-0.3, -0.25) is 4.79 Å². The molecule has 168 valence electrons. The van der Waals surface area contributed by atoms with Gasteiger partial charge in [-0.2, -0.15) is 13.2 Å². The van der Waals surface area contributed by atoms with E-state index in [-0.39, 0.29) is 12.5 Å². The average molecular weight is 462 g/mol. The number of hydrogen-bond acceptors (Lipinski definition) is 3. The molecule has 3 aromatic rings. The molecule has 0 bridgehead atoms. The Kier molecular flexibility index (Phi) is 7.32. The van der Waals surface area contributed by atoms with Gasteiger partial charge < -0.3 is 5.32 Å². The van der Waals surface area contributed by atoms with Crippen LogP contribution in [0.15, 0.2) is 89.8 Å². The Labute approximate surface area is 184 Å². The second kappa shape index (κ2) is 9.97.